The van der Waals surface area contributed by atoms with Crippen LogP contribution in [0, 0.1) is 0 Å². The molecule has 1 aliphatic carbocycles. The highest BCUT2D eigenvalue weighted by atomic mass is 16.5. The van der Waals surface area contributed by atoms with Gasteiger partial charge in [-0.15, -0.1) is 0 Å². The molecule has 2 N–H and O–H groups in total. The smallest absolute Gasteiger partial charge is 0.251 e. The number of carbonyl (C=O) groups is 2. The minimum absolute atomic E-state index is 0.0198. The van der Waals surface area contributed by atoms with E-state index in [1.54, 1.807) is 18.2 Å². The maximum absolute atomic E-state index is 12.2. The number of ether oxygens (including phenoxy) is 2. The summed E-state index contributed by atoms with van der Waals surface area (Å²) in [7, 11) is 0. The van der Waals surface area contributed by atoms with Crippen LogP contribution in [0.2, 0.25) is 0 Å². The lowest BCUT2D eigenvalue weighted by Crippen LogP contribution is -2.37. The molecule has 0 spiro atoms. The molecule has 0 radical (unpaired) electrons. The molecule has 0 atom stereocenters. The first-order chi connectivity index (χ1) is 11.6. The standard InChI is InChI=1S/C18H26N2O4/c1-3-5-10-24-15-9-6-13(11-16(15)23-4-2)18(22)19-12-17(21)20-14-7-8-14/h6,9,11,14H,3-5,7-8,10,12H2,1-2H3,(H,19,22)(H,20,21). The Hall–Kier alpha value is -2.24. The van der Waals surface area contributed by atoms with Crippen molar-refractivity contribution in [3.05, 3.63) is 23.8 Å². The van der Waals surface area contributed by atoms with Gasteiger partial charge >= 0.3 is 0 Å². The van der Waals surface area contributed by atoms with Gasteiger partial charge in [0.15, 0.2) is 11.5 Å². The summed E-state index contributed by atoms with van der Waals surface area (Å²) in [6.07, 6.45) is 4.06. The second kappa shape index (κ2) is 9.15. The SMILES string of the molecule is CCCCOc1ccc(C(=O)NCC(=O)NC2CC2)cc1OCC. The molecule has 0 aromatic heterocycles. The molecule has 1 fully saturated rings. The first-order valence-electron chi connectivity index (χ1n) is 8.61. The van der Waals surface area contributed by atoms with E-state index in [1.165, 1.54) is 0 Å². The number of hydrogen-bond donors (Lipinski definition) is 2. The zero-order valence-corrected chi connectivity index (χ0v) is 14.4. The number of benzene rings is 1. The third-order valence-corrected chi connectivity index (χ3v) is 3.61. The highest BCUT2D eigenvalue weighted by molar-refractivity contribution is 5.97. The van der Waals surface area contributed by atoms with Gasteiger partial charge in [0.2, 0.25) is 5.91 Å². The molecule has 1 saturated carbocycles. The summed E-state index contributed by atoms with van der Waals surface area (Å²) in [5.41, 5.74) is 0.445. The zero-order valence-electron chi connectivity index (χ0n) is 14.4. The Morgan fingerprint density at radius 2 is 1.96 bits per heavy atom. The van der Waals surface area contributed by atoms with Crippen molar-refractivity contribution < 1.29 is 19.1 Å². The summed E-state index contributed by atoms with van der Waals surface area (Å²) >= 11 is 0. The number of unbranched alkanes of at least 4 members (excludes halogenated alkanes) is 1. The fraction of sp³-hybridized carbons (Fsp3) is 0.556. The summed E-state index contributed by atoms with van der Waals surface area (Å²) in [6, 6.07) is 5.36. The minimum atomic E-state index is -0.304. The van der Waals surface area contributed by atoms with Crippen LogP contribution in [0.3, 0.4) is 0 Å². The van der Waals surface area contributed by atoms with E-state index in [2.05, 4.69) is 17.6 Å². The third kappa shape index (κ3) is 5.76. The molecule has 132 valence electrons. The maximum Gasteiger partial charge on any atom is 0.251 e. The summed E-state index contributed by atoms with van der Waals surface area (Å²) in [4.78, 5) is 23.8. The molecule has 0 heterocycles. The van der Waals surface area contributed by atoms with Gasteiger partial charge in [0.05, 0.1) is 19.8 Å². The summed E-state index contributed by atoms with van der Waals surface area (Å²) in [6.45, 7) is 5.06. The molecule has 1 aromatic carbocycles. The third-order valence-electron chi connectivity index (χ3n) is 3.61. The normalized spacial score (nSPS) is 13.2. The molecule has 6 nitrogen and oxygen atoms in total. The van der Waals surface area contributed by atoms with Crippen LogP contribution in [-0.4, -0.2) is 37.6 Å². The molecule has 2 amide bonds. The highest BCUT2D eigenvalue weighted by Gasteiger charge is 2.23. The van der Waals surface area contributed by atoms with Crippen LogP contribution in [0.15, 0.2) is 18.2 Å². The van der Waals surface area contributed by atoms with Crippen LogP contribution < -0.4 is 20.1 Å². The van der Waals surface area contributed by atoms with Crippen molar-refractivity contribution in [3.63, 3.8) is 0 Å². The molecule has 24 heavy (non-hydrogen) atoms. The minimum Gasteiger partial charge on any atom is -0.490 e. The van der Waals surface area contributed by atoms with Gasteiger partial charge in [-0.3, -0.25) is 9.59 Å². The molecule has 0 saturated heterocycles. The molecular formula is C18H26N2O4. The van der Waals surface area contributed by atoms with E-state index in [4.69, 9.17) is 9.47 Å². The summed E-state index contributed by atoms with van der Waals surface area (Å²) in [5, 5.41) is 5.46. The Balaban J connectivity index is 1.93. The van der Waals surface area contributed by atoms with E-state index in [1.807, 2.05) is 6.92 Å². The van der Waals surface area contributed by atoms with E-state index in [0.717, 1.165) is 25.7 Å². The van der Waals surface area contributed by atoms with E-state index in [0.29, 0.717) is 36.3 Å². The van der Waals surface area contributed by atoms with Crippen molar-refractivity contribution >= 4 is 11.8 Å². The summed E-state index contributed by atoms with van der Waals surface area (Å²) in [5.74, 6) is 0.717. The maximum atomic E-state index is 12.2. The predicted molar refractivity (Wildman–Crippen MR) is 91.5 cm³/mol. The monoisotopic (exact) mass is 334 g/mol. The largest absolute Gasteiger partial charge is 0.490 e. The molecule has 0 aliphatic heterocycles. The van der Waals surface area contributed by atoms with Crippen LogP contribution in [0.25, 0.3) is 0 Å². The molecule has 1 aromatic rings. The Labute approximate surface area is 142 Å². The van der Waals surface area contributed by atoms with E-state index in [9.17, 15) is 9.59 Å². The molecule has 6 heteroatoms. The highest BCUT2D eigenvalue weighted by Crippen LogP contribution is 2.28. The number of amides is 2. The lowest BCUT2D eigenvalue weighted by Gasteiger charge is -2.13. The number of hydrogen-bond acceptors (Lipinski definition) is 4. The first kappa shape index (κ1) is 18.1. The van der Waals surface area contributed by atoms with Gasteiger partial charge in [-0.2, -0.15) is 0 Å². The quantitative estimate of drug-likeness (QED) is 0.644. The molecule has 0 unspecified atom stereocenters. The second-order valence-electron chi connectivity index (χ2n) is 5.82. The Kier molecular flexibility index (Phi) is 6.90. The van der Waals surface area contributed by atoms with E-state index < -0.39 is 0 Å². The second-order valence-corrected chi connectivity index (χ2v) is 5.82. The number of nitrogens with one attached hydrogen (secondary N) is 2. The first-order valence-corrected chi connectivity index (χ1v) is 8.61. The van der Waals surface area contributed by atoms with Crippen LogP contribution in [0.4, 0.5) is 0 Å². The van der Waals surface area contributed by atoms with Crippen molar-refractivity contribution in [2.75, 3.05) is 19.8 Å². The number of carbonyl (C=O) groups excluding carboxylic acids is 2. The van der Waals surface area contributed by atoms with Crippen LogP contribution in [0.1, 0.15) is 49.9 Å². The van der Waals surface area contributed by atoms with E-state index >= 15 is 0 Å². The molecule has 0 bridgehead atoms. The van der Waals surface area contributed by atoms with Crippen molar-refractivity contribution in [2.24, 2.45) is 0 Å². The van der Waals surface area contributed by atoms with Gasteiger partial charge < -0.3 is 20.1 Å². The van der Waals surface area contributed by atoms with Gasteiger partial charge in [0.25, 0.3) is 5.91 Å². The van der Waals surface area contributed by atoms with Crippen LogP contribution in [0.5, 0.6) is 11.5 Å². The Bertz CT molecular complexity index is 570. The fourth-order valence-corrected chi connectivity index (χ4v) is 2.13. The van der Waals surface area contributed by atoms with Gasteiger partial charge in [0, 0.05) is 11.6 Å². The fourth-order valence-electron chi connectivity index (χ4n) is 2.13. The predicted octanol–water partition coefficient (Wildman–Crippen LogP) is 2.27. The van der Waals surface area contributed by atoms with Crippen LogP contribution >= 0.6 is 0 Å². The summed E-state index contributed by atoms with van der Waals surface area (Å²) < 4.78 is 11.3. The van der Waals surface area contributed by atoms with Gasteiger partial charge in [-0.1, -0.05) is 13.3 Å². The van der Waals surface area contributed by atoms with Gasteiger partial charge in [-0.05, 0) is 44.4 Å². The average Bonchev–Trinajstić information content (AvgIpc) is 3.38. The zero-order chi connectivity index (χ0) is 17.4. The van der Waals surface area contributed by atoms with Crippen LogP contribution in [-0.2, 0) is 4.79 Å². The number of rotatable bonds is 10. The van der Waals surface area contributed by atoms with Gasteiger partial charge in [0.1, 0.15) is 0 Å². The Morgan fingerprint density at radius 1 is 1.17 bits per heavy atom. The molecule has 1 aliphatic rings. The average molecular weight is 334 g/mol. The van der Waals surface area contributed by atoms with Crippen molar-refractivity contribution in [1.29, 1.82) is 0 Å². The lowest BCUT2D eigenvalue weighted by atomic mass is 10.2. The Morgan fingerprint density at radius 3 is 2.62 bits per heavy atom. The topological polar surface area (TPSA) is 76.7 Å². The van der Waals surface area contributed by atoms with Crippen molar-refractivity contribution in [1.82, 2.24) is 10.6 Å². The van der Waals surface area contributed by atoms with Gasteiger partial charge in [-0.25, -0.2) is 0 Å². The van der Waals surface area contributed by atoms with Crippen molar-refractivity contribution in [2.45, 2.75) is 45.6 Å². The lowest BCUT2D eigenvalue weighted by molar-refractivity contribution is -0.120. The molecular weight excluding hydrogens is 308 g/mol. The van der Waals surface area contributed by atoms with E-state index in [-0.39, 0.29) is 18.4 Å². The molecule has 2 rings (SSSR count). The van der Waals surface area contributed by atoms with Crippen molar-refractivity contribution in [3.8, 4) is 11.5 Å².